The van der Waals surface area contributed by atoms with Crippen LogP contribution in [0, 0.1) is 17.2 Å². The number of nitriles is 1. The lowest BCUT2D eigenvalue weighted by Crippen LogP contribution is -2.41. The zero-order valence-electron chi connectivity index (χ0n) is 13.1. The van der Waals surface area contributed by atoms with Crippen LogP contribution >= 0.6 is 0 Å². The monoisotopic (exact) mass is 312 g/mol. The van der Waals surface area contributed by atoms with E-state index in [-0.39, 0.29) is 23.1 Å². The normalized spacial score (nSPS) is 21.3. The van der Waals surface area contributed by atoms with Gasteiger partial charge in [0.05, 0.1) is 5.56 Å². The Morgan fingerprint density at radius 2 is 1.91 bits per heavy atom. The largest absolute Gasteiger partial charge is 0.478 e. The maximum Gasteiger partial charge on any atom is 0.335 e. The van der Waals surface area contributed by atoms with Crippen molar-refractivity contribution < 1.29 is 14.7 Å². The van der Waals surface area contributed by atoms with E-state index in [1.165, 1.54) is 24.6 Å². The number of carboxylic acid groups (broad SMARTS) is 1. The summed E-state index contributed by atoms with van der Waals surface area (Å²) in [7, 11) is 0. The molecule has 2 N–H and O–H groups in total. The Balaban J connectivity index is 2.10. The summed E-state index contributed by atoms with van der Waals surface area (Å²) in [5.74, 6) is -0.957. The minimum atomic E-state index is -1.01. The number of hydrogen-bond donors (Lipinski definition) is 2. The van der Waals surface area contributed by atoms with Gasteiger partial charge in [0.2, 0.25) is 0 Å². The lowest BCUT2D eigenvalue weighted by atomic mass is 9.86. The van der Waals surface area contributed by atoms with Gasteiger partial charge in [-0.05, 0) is 42.5 Å². The molecule has 5 heteroatoms. The number of carboxylic acids is 1. The SMILES string of the molecule is C[C@@H]1CCCC[C@@H]1NC(=O)/C(C#N)=C/c1ccc(C(=O)O)cc1. The summed E-state index contributed by atoms with van der Waals surface area (Å²) in [4.78, 5) is 23.1. The molecular weight excluding hydrogens is 292 g/mol. The van der Waals surface area contributed by atoms with Crippen LogP contribution in [0.2, 0.25) is 0 Å². The van der Waals surface area contributed by atoms with Crippen molar-refractivity contribution >= 4 is 18.0 Å². The Bertz CT molecular complexity index is 656. The van der Waals surface area contributed by atoms with Crippen LogP contribution in [0.1, 0.15) is 48.5 Å². The molecule has 0 radical (unpaired) electrons. The van der Waals surface area contributed by atoms with E-state index < -0.39 is 5.97 Å². The van der Waals surface area contributed by atoms with Crippen LogP contribution in [0.4, 0.5) is 0 Å². The number of aromatic carboxylic acids is 1. The molecule has 120 valence electrons. The van der Waals surface area contributed by atoms with Gasteiger partial charge in [0, 0.05) is 6.04 Å². The van der Waals surface area contributed by atoms with Gasteiger partial charge in [0.15, 0.2) is 0 Å². The van der Waals surface area contributed by atoms with Gasteiger partial charge >= 0.3 is 5.97 Å². The molecule has 0 saturated heterocycles. The molecule has 1 aliphatic carbocycles. The first-order valence-corrected chi connectivity index (χ1v) is 7.77. The summed E-state index contributed by atoms with van der Waals surface area (Å²) in [6.45, 7) is 2.12. The highest BCUT2D eigenvalue weighted by molar-refractivity contribution is 6.02. The van der Waals surface area contributed by atoms with Gasteiger partial charge in [-0.15, -0.1) is 0 Å². The molecule has 1 aliphatic rings. The second-order valence-electron chi connectivity index (χ2n) is 5.94. The average Bonchev–Trinajstić information content (AvgIpc) is 2.55. The molecule has 2 atom stereocenters. The average molecular weight is 312 g/mol. The molecule has 23 heavy (non-hydrogen) atoms. The zero-order valence-corrected chi connectivity index (χ0v) is 13.1. The molecule has 0 unspecified atom stereocenters. The van der Waals surface area contributed by atoms with E-state index in [4.69, 9.17) is 5.11 Å². The van der Waals surface area contributed by atoms with Crippen LogP contribution in [-0.2, 0) is 4.79 Å². The number of amides is 1. The maximum absolute atomic E-state index is 12.3. The number of carbonyl (C=O) groups is 2. The first kappa shape index (κ1) is 16.8. The number of nitrogens with zero attached hydrogens (tertiary/aromatic N) is 1. The second-order valence-corrected chi connectivity index (χ2v) is 5.94. The molecule has 5 nitrogen and oxygen atoms in total. The van der Waals surface area contributed by atoms with Gasteiger partial charge in [-0.2, -0.15) is 5.26 Å². The molecule has 0 spiro atoms. The van der Waals surface area contributed by atoms with Gasteiger partial charge in [0.1, 0.15) is 11.6 Å². The summed E-state index contributed by atoms with van der Waals surface area (Å²) in [5, 5.41) is 21.0. The van der Waals surface area contributed by atoms with Gasteiger partial charge < -0.3 is 10.4 Å². The number of nitrogens with one attached hydrogen (secondary N) is 1. The third kappa shape index (κ3) is 4.43. The minimum absolute atomic E-state index is 0.0332. The summed E-state index contributed by atoms with van der Waals surface area (Å²) >= 11 is 0. The van der Waals surface area contributed by atoms with E-state index in [1.54, 1.807) is 12.1 Å². The van der Waals surface area contributed by atoms with Crippen molar-refractivity contribution in [1.29, 1.82) is 5.26 Å². The van der Waals surface area contributed by atoms with Crippen LogP contribution < -0.4 is 5.32 Å². The lowest BCUT2D eigenvalue weighted by molar-refractivity contribution is -0.118. The highest BCUT2D eigenvalue weighted by Gasteiger charge is 2.24. The lowest BCUT2D eigenvalue weighted by Gasteiger charge is -2.29. The molecule has 1 aromatic rings. The molecule has 0 heterocycles. The van der Waals surface area contributed by atoms with Gasteiger partial charge in [-0.1, -0.05) is 31.9 Å². The Morgan fingerprint density at radius 1 is 1.26 bits per heavy atom. The fourth-order valence-corrected chi connectivity index (χ4v) is 2.81. The van der Waals surface area contributed by atoms with E-state index in [9.17, 15) is 14.9 Å². The number of rotatable bonds is 4. The predicted octanol–water partition coefficient (Wildman–Crippen LogP) is 2.99. The fraction of sp³-hybridized carbons (Fsp3) is 0.389. The summed E-state index contributed by atoms with van der Waals surface area (Å²) < 4.78 is 0. The van der Waals surface area contributed by atoms with Crippen LogP contribution in [0.3, 0.4) is 0 Å². The van der Waals surface area contributed by atoms with Crippen molar-refractivity contribution in [2.45, 2.75) is 38.6 Å². The Morgan fingerprint density at radius 3 is 2.48 bits per heavy atom. The number of carbonyl (C=O) groups excluding carboxylic acids is 1. The Kier molecular flexibility index (Phi) is 5.53. The maximum atomic E-state index is 12.3. The van der Waals surface area contributed by atoms with Crippen LogP contribution in [0.15, 0.2) is 29.8 Å². The highest BCUT2D eigenvalue weighted by atomic mass is 16.4. The van der Waals surface area contributed by atoms with Crippen LogP contribution in [0.5, 0.6) is 0 Å². The third-order valence-corrected chi connectivity index (χ3v) is 4.26. The molecule has 0 aliphatic heterocycles. The zero-order chi connectivity index (χ0) is 16.8. The summed E-state index contributed by atoms with van der Waals surface area (Å²) in [6.07, 6.45) is 5.79. The van der Waals surface area contributed by atoms with Crippen molar-refractivity contribution in [3.63, 3.8) is 0 Å². The van der Waals surface area contributed by atoms with Crippen LogP contribution in [0.25, 0.3) is 6.08 Å². The van der Waals surface area contributed by atoms with Crippen molar-refractivity contribution in [3.05, 3.63) is 41.0 Å². The van der Waals surface area contributed by atoms with Gasteiger partial charge in [0.25, 0.3) is 5.91 Å². The molecular formula is C18H20N2O3. The molecule has 0 bridgehead atoms. The van der Waals surface area contributed by atoms with E-state index >= 15 is 0 Å². The van der Waals surface area contributed by atoms with E-state index in [0.29, 0.717) is 11.5 Å². The Hall–Kier alpha value is -2.61. The molecule has 2 rings (SSSR count). The summed E-state index contributed by atoms with van der Waals surface area (Å²) in [5.41, 5.74) is 0.824. The van der Waals surface area contributed by atoms with Crippen molar-refractivity contribution in [2.75, 3.05) is 0 Å². The predicted molar refractivity (Wildman–Crippen MR) is 86.6 cm³/mol. The smallest absolute Gasteiger partial charge is 0.335 e. The number of benzene rings is 1. The van der Waals surface area contributed by atoms with E-state index in [2.05, 4.69) is 12.2 Å². The standard InChI is InChI=1S/C18H20N2O3/c1-12-4-2-3-5-16(12)20-17(21)15(11-19)10-13-6-8-14(9-7-13)18(22)23/h6-10,12,16H,2-5H2,1H3,(H,20,21)(H,22,23)/b15-10+/t12-,16+/m1/s1. The summed E-state index contributed by atoms with van der Waals surface area (Å²) in [6, 6.07) is 8.10. The first-order chi connectivity index (χ1) is 11.0. The van der Waals surface area contributed by atoms with Crippen molar-refractivity contribution in [2.24, 2.45) is 5.92 Å². The van der Waals surface area contributed by atoms with Gasteiger partial charge in [-0.25, -0.2) is 4.79 Å². The molecule has 1 saturated carbocycles. The third-order valence-electron chi connectivity index (χ3n) is 4.26. The molecule has 0 aromatic heterocycles. The van der Waals surface area contributed by atoms with E-state index in [0.717, 1.165) is 19.3 Å². The molecule has 1 amide bonds. The first-order valence-electron chi connectivity index (χ1n) is 7.77. The van der Waals surface area contributed by atoms with Crippen molar-refractivity contribution in [3.8, 4) is 6.07 Å². The second kappa shape index (κ2) is 7.59. The minimum Gasteiger partial charge on any atom is -0.478 e. The molecule has 1 aromatic carbocycles. The number of hydrogen-bond acceptors (Lipinski definition) is 3. The van der Waals surface area contributed by atoms with E-state index in [1.807, 2.05) is 6.07 Å². The van der Waals surface area contributed by atoms with Gasteiger partial charge in [-0.3, -0.25) is 4.79 Å². The quantitative estimate of drug-likeness (QED) is 0.660. The Labute approximate surface area is 135 Å². The fourth-order valence-electron chi connectivity index (χ4n) is 2.81. The van der Waals surface area contributed by atoms with Crippen LogP contribution in [-0.4, -0.2) is 23.0 Å². The topological polar surface area (TPSA) is 90.2 Å². The molecule has 1 fully saturated rings. The highest BCUT2D eigenvalue weighted by Crippen LogP contribution is 2.24. The van der Waals surface area contributed by atoms with Crippen molar-refractivity contribution in [1.82, 2.24) is 5.32 Å².